The Morgan fingerprint density at radius 2 is 1.93 bits per heavy atom. The summed E-state index contributed by atoms with van der Waals surface area (Å²) in [6, 6.07) is 8.73. The zero-order chi connectivity index (χ0) is 10.4. The van der Waals surface area contributed by atoms with E-state index in [0.29, 0.717) is 12.2 Å². The van der Waals surface area contributed by atoms with Crippen LogP contribution in [-0.2, 0) is 4.57 Å². The number of benzene rings is 1. The molecule has 15 heavy (non-hydrogen) atoms. The van der Waals surface area contributed by atoms with Crippen LogP contribution in [-0.4, -0.2) is 28.4 Å². The summed E-state index contributed by atoms with van der Waals surface area (Å²) >= 11 is 0. The first-order chi connectivity index (χ1) is 6.64. The second-order valence-electron chi connectivity index (χ2n) is 3.12. The van der Waals surface area contributed by atoms with Crippen molar-refractivity contribution < 1.29 is 14.0 Å². The van der Waals surface area contributed by atoms with Crippen molar-refractivity contribution >= 4 is 25.0 Å². The molecule has 0 aromatic heterocycles. The summed E-state index contributed by atoms with van der Waals surface area (Å²) in [5, 5.41) is 0. The molecule has 0 aliphatic heterocycles. The van der Waals surface area contributed by atoms with Gasteiger partial charge in [0.2, 0.25) is 0 Å². The highest BCUT2D eigenvalue weighted by Crippen LogP contribution is 2.43. The van der Waals surface area contributed by atoms with Gasteiger partial charge in [0.15, 0.2) is 17.4 Å². The average molecular weight is 244 g/mol. The Kier molecular flexibility index (Phi) is 6.97. The van der Waals surface area contributed by atoms with E-state index in [1.807, 2.05) is 13.0 Å². The van der Waals surface area contributed by atoms with Gasteiger partial charge in [-0.3, -0.25) is 0 Å². The van der Waals surface area contributed by atoms with Gasteiger partial charge in [-0.05, 0) is 18.6 Å². The maximum atomic E-state index is 11.5. The molecule has 1 rings (SSSR count). The summed E-state index contributed by atoms with van der Waals surface area (Å²) in [7, 11) is -3.43. The monoisotopic (exact) mass is 244 g/mol. The third-order valence-electron chi connectivity index (χ3n) is 1.79. The van der Waals surface area contributed by atoms with Crippen LogP contribution in [0.1, 0.15) is 19.8 Å². The van der Waals surface area contributed by atoms with Crippen molar-refractivity contribution in [1.82, 2.24) is 0 Å². The van der Waals surface area contributed by atoms with E-state index in [0.717, 1.165) is 6.42 Å². The van der Waals surface area contributed by atoms with Crippen molar-refractivity contribution in [3.05, 3.63) is 30.3 Å². The second kappa shape index (κ2) is 7.09. The summed E-state index contributed by atoms with van der Waals surface area (Å²) in [6.45, 7) is 1.97. The number of unbranched alkanes of at least 4 members (excludes halogenated alkanes) is 1. The van der Waals surface area contributed by atoms with Gasteiger partial charge in [-0.2, -0.15) is 0 Å². The smallest absolute Gasteiger partial charge is 0.376 e. The van der Waals surface area contributed by atoms with Gasteiger partial charge in [-0.25, -0.2) is 4.57 Å². The maximum Gasteiger partial charge on any atom is 0.376 e. The van der Waals surface area contributed by atoms with Crippen molar-refractivity contribution in [2.24, 2.45) is 0 Å². The van der Waals surface area contributed by atoms with E-state index in [9.17, 15) is 9.46 Å². The van der Waals surface area contributed by atoms with E-state index >= 15 is 0 Å². The van der Waals surface area contributed by atoms with E-state index < -0.39 is 7.60 Å². The molecular formula is C10H18AlO3P. The van der Waals surface area contributed by atoms with E-state index in [1.54, 1.807) is 24.3 Å². The van der Waals surface area contributed by atoms with Gasteiger partial charge in [0.25, 0.3) is 0 Å². The molecular weight excluding hydrogens is 226 g/mol. The van der Waals surface area contributed by atoms with Gasteiger partial charge < -0.3 is 9.42 Å². The van der Waals surface area contributed by atoms with Crippen molar-refractivity contribution in [1.29, 1.82) is 0 Å². The predicted molar refractivity (Wildman–Crippen MR) is 66.6 cm³/mol. The third kappa shape index (κ3) is 6.02. The van der Waals surface area contributed by atoms with Crippen LogP contribution >= 0.6 is 7.60 Å². The minimum Gasteiger partial charge on any atom is -0.424 e. The Morgan fingerprint density at radius 1 is 1.33 bits per heavy atom. The summed E-state index contributed by atoms with van der Waals surface area (Å²) < 4.78 is 16.5. The molecule has 0 aliphatic rings. The van der Waals surface area contributed by atoms with Gasteiger partial charge in [0, 0.05) is 0 Å². The molecule has 1 N–H and O–H groups in total. The number of rotatable bonds is 5. The molecule has 0 heterocycles. The lowest BCUT2D eigenvalue weighted by Gasteiger charge is -2.12. The quantitative estimate of drug-likeness (QED) is 0.635. The first-order valence-corrected chi connectivity index (χ1v) is 6.47. The lowest BCUT2D eigenvalue weighted by molar-refractivity contribution is 0.378. The Morgan fingerprint density at radius 3 is 2.47 bits per heavy atom. The SMILES string of the molecule is CCCCP(=O)(O)Oc1ccccc1.[AlH3]. The lowest BCUT2D eigenvalue weighted by atomic mass is 10.3. The van der Waals surface area contributed by atoms with Gasteiger partial charge >= 0.3 is 7.60 Å². The standard InChI is InChI=1S/C10H15O3P.Al.3H/c1-2-3-9-14(11,12)13-10-7-5-4-6-8-10;;;;/h4-8H,2-3,9H2,1H3,(H,11,12);;;;. The summed E-state index contributed by atoms with van der Waals surface area (Å²) in [4.78, 5) is 9.43. The zero-order valence-electron chi connectivity index (χ0n) is 8.22. The van der Waals surface area contributed by atoms with Crippen LogP contribution in [0.5, 0.6) is 5.75 Å². The molecule has 0 spiro atoms. The van der Waals surface area contributed by atoms with Crippen molar-refractivity contribution in [2.75, 3.05) is 6.16 Å². The summed E-state index contributed by atoms with van der Waals surface area (Å²) in [5.74, 6) is 0.453. The molecule has 0 saturated carbocycles. The van der Waals surface area contributed by atoms with Crippen LogP contribution in [0.25, 0.3) is 0 Å². The largest absolute Gasteiger partial charge is 0.424 e. The lowest BCUT2D eigenvalue weighted by Crippen LogP contribution is -1.96. The topological polar surface area (TPSA) is 46.5 Å². The Labute approximate surface area is 101 Å². The normalized spacial score (nSPS) is 13.7. The molecule has 1 atom stereocenters. The molecule has 5 heteroatoms. The first kappa shape index (κ1) is 14.7. The highest BCUT2D eigenvalue weighted by atomic mass is 31.2. The molecule has 1 unspecified atom stereocenters. The second-order valence-corrected chi connectivity index (χ2v) is 5.02. The fraction of sp³-hybridized carbons (Fsp3) is 0.400. The Bertz CT molecular complexity index is 316. The highest BCUT2D eigenvalue weighted by molar-refractivity contribution is 7.53. The van der Waals surface area contributed by atoms with Gasteiger partial charge in [0.1, 0.15) is 5.75 Å². The van der Waals surface area contributed by atoms with Gasteiger partial charge in [0.05, 0.1) is 6.16 Å². The van der Waals surface area contributed by atoms with Gasteiger partial charge in [-0.1, -0.05) is 31.5 Å². The number of hydrogen-bond acceptors (Lipinski definition) is 2. The predicted octanol–water partition coefficient (Wildman–Crippen LogP) is 1.87. The Balaban J connectivity index is 0.00000196. The summed E-state index contributed by atoms with van der Waals surface area (Å²) in [5.41, 5.74) is 0. The Hall–Kier alpha value is -0.258. The molecule has 0 aliphatic carbocycles. The van der Waals surface area contributed by atoms with E-state index in [-0.39, 0.29) is 23.5 Å². The van der Waals surface area contributed by atoms with Crippen molar-refractivity contribution in [3.63, 3.8) is 0 Å². The van der Waals surface area contributed by atoms with Crippen LogP contribution in [0.2, 0.25) is 0 Å². The van der Waals surface area contributed by atoms with E-state index in [4.69, 9.17) is 4.52 Å². The van der Waals surface area contributed by atoms with Gasteiger partial charge in [-0.15, -0.1) is 0 Å². The van der Waals surface area contributed by atoms with E-state index in [2.05, 4.69) is 0 Å². The highest BCUT2D eigenvalue weighted by Gasteiger charge is 2.19. The molecule has 0 fully saturated rings. The maximum absolute atomic E-state index is 11.5. The molecule has 1 aromatic rings. The van der Waals surface area contributed by atoms with Crippen molar-refractivity contribution in [3.8, 4) is 5.75 Å². The summed E-state index contributed by atoms with van der Waals surface area (Å²) in [6.07, 6.45) is 1.82. The third-order valence-corrected chi connectivity index (χ3v) is 3.16. The van der Waals surface area contributed by atoms with Crippen LogP contribution in [0.3, 0.4) is 0 Å². The molecule has 1 aromatic carbocycles. The molecule has 84 valence electrons. The fourth-order valence-electron chi connectivity index (χ4n) is 1.05. The number of para-hydroxylation sites is 1. The first-order valence-electron chi connectivity index (χ1n) is 4.70. The molecule has 0 saturated heterocycles. The van der Waals surface area contributed by atoms with Crippen LogP contribution in [0.4, 0.5) is 0 Å². The van der Waals surface area contributed by atoms with Crippen LogP contribution < -0.4 is 4.52 Å². The van der Waals surface area contributed by atoms with Crippen molar-refractivity contribution in [2.45, 2.75) is 19.8 Å². The fourth-order valence-corrected chi connectivity index (χ4v) is 2.31. The molecule has 3 nitrogen and oxygen atoms in total. The minimum atomic E-state index is -3.43. The zero-order valence-corrected chi connectivity index (χ0v) is 9.11. The molecule has 0 bridgehead atoms. The molecule has 0 amide bonds. The number of hydrogen-bond donors (Lipinski definition) is 1. The van der Waals surface area contributed by atoms with Crippen LogP contribution in [0.15, 0.2) is 30.3 Å². The average Bonchev–Trinajstić information content (AvgIpc) is 2.16. The minimum absolute atomic E-state index is 0. The van der Waals surface area contributed by atoms with E-state index in [1.165, 1.54) is 0 Å². The van der Waals surface area contributed by atoms with Crippen LogP contribution in [0, 0.1) is 0 Å². The molecule has 0 radical (unpaired) electrons.